The molecule has 0 aliphatic rings. The van der Waals surface area contributed by atoms with E-state index in [1.807, 2.05) is 24.6 Å². The van der Waals surface area contributed by atoms with E-state index in [2.05, 4.69) is 17.2 Å². The van der Waals surface area contributed by atoms with E-state index in [0.29, 0.717) is 0 Å². The smallest absolute Gasteiger partial charge is 0.120 e. The maximum Gasteiger partial charge on any atom is 0.120 e. The summed E-state index contributed by atoms with van der Waals surface area (Å²) in [6.45, 7) is 4.97. The highest BCUT2D eigenvalue weighted by atomic mass is 32.1. The maximum absolute atomic E-state index is 5.32. The number of furan rings is 1. The van der Waals surface area contributed by atoms with Gasteiger partial charge in [0.25, 0.3) is 0 Å². The highest BCUT2D eigenvalue weighted by Gasteiger charge is 2.08. The Kier molecular flexibility index (Phi) is 3.18. The Labute approximate surface area is 93.2 Å². The van der Waals surface area contributed by atoms with Gasteiger partial charge in [-0.3, -0.25) is 0 Å². The summed E-state index contributed by atoms with van der Waals surface area (Å²) in [6.07, 6.45) is 1.70. The topological polar surface area (TPSA) is 38.1 Å². The molecule has 0 saturated heterocycles. The Bertz CT molecular complexity index is 408. The van der Waals surface area contributed by atoms with Crippen LogP contribution in [-0.4, -0.2) is 4.98 Å². The molecule has 1 N–H and O–H groups in total. The minimum absolute atomic E-state index is 0.238. The molecule has 0 fully saturated rings. The zero-order chi connectivity index (χ0) is 10.7. The number of rotatable bonds is 4. The van der Waals surface area contributed by atoms with E-state index >= 15 is 0 Å². The SMILES string of the molecule is Cc1ncsc1CN[C@H](C)c1ccco1. The summed E-state index contributed by atoms with van der Waals surface area (Å²) >= 11 is 1.68. The third-order valence-corrected chi connectivity index (χ3v) is 3.32. The Hall–Kier alpha value is -1.13. The Morgan fingerprint density at radius 1 is 1.60 bits per heavy atom. The highest BCUT2D eigenvalue weighted by Crippen LogP contribution is 2.16. The number of aryl methyl sites for hydroxylation is 1. The summed E-state index contributed by atoms with van der Waals surface area (Å²) < 4.78 is 5.32. The Balaban J connectivity index is 1.91. The molecular weight excluding hydrogens is 208 g/mol. The van der Waals surface area contributed by atoms with E-state index in [0.717, 1.165) is 18.0 Å². The van der Waals surface area contributed by atoms with Gasteiger partial charge in [-0.2, -0.15) is 0 Å². The van der Waals surface area contributed by atoms with Crippen LogP contribution < -0.4 is 5.32 Å². The largest absolute Gasteiger partial charge is 0.468 e. The average Bonchev–Trinajstić information content (AvgIpc) is 2.85. The number of hydrogen-bond donors (Lipinski definition) is 1. The fourth-order valence-corrected chi connectivity index (χ4v) is 2.11. The molecule has 0 radical (unpaired) electrons. The van der Waals surface area contributed by atoms with Gasteiger partial charge in [0.1, 0.15) is 5.76 Å². The molecule has 0 amide bonds. The minimum atomic E-state index is 0.238. The molecule has 2 aromatic heterocycles. The first-order chi connectivity index (χ1) is 7.27. The summed E-state index contributed by atoms with van der Waals surface area (Å²) in [4.78, 5) is 5.50. The normalized spacial score (nSPS) is 12.9. The van der Waals surface area contributed by atoms with Gasteiger partial charge in [-0.15, -0.1) is 11.3 Å². The van der Waals surface area contributed by atoms with E-state index in [9.17, 15) is 0 Å². The van der Waals surface area contributed by atoms with Crippen LogP contribution in [0.2, 0.25) is 0 Å². The second-order valence-corrected chi connectivity index (χ2v) is 4.42. The van der Waals surface area contributed by atoms with E-state index in [1.165, 1.54) is 4.88 Å². The molecule has 4 heteroatoms. The summed E-state index contributed by atoms with van der Waals surface area (Å²) in [5, 5.41) is 3.40. The van der Waals surface area contributed by atoms with Gasteiger partial charge >= 0.3 is 0 Å². The zero-order valence-electron chi connectivity index (χ0n) is 8.86. The molecular formula is C11H14N2OS. The molecule has 0 spiro atoms. The Morgan fingerprint density at radius 3 is 3.07 bits per heavy atom. The van der Waals surface area contributed by atoms with Crippen LogP contribution in [-0.2, 0) is 6.54 Å². The molecule has 0 aliphatic heterocycles. The lowest BCUT2D eigenvalue weighted by atomic mass is 10.2. The monoisotopic (exact) mass is 222 g/mol. The molecule has 15 heavy (non-hydrogen) atoms. The fraction of sp³-hybridized carbons (Fsp3) is 0.364. The van der Waals surface area contributed by atoms with Crippen LogP contribution in [0.15, 0.2) is 28.3 Å². The summed E-state index contributed by atoms with van der Waals surface area (Å²) in [7, 11) is 0. The first-order valence-electron chi connectivity index (χ1n) is 4.93. The molecule has 0 aromatic carbocycles. The molecule has 0 saturated carbocycles. The van der Waals surface area contributed by atoms with Crippen molar-refractivity contribution in [2.24, 2.45) is 0 Å². The van der Waals surface area contributed by atoms with Gasteiger partial charge in [-0.1, -0.05) is 0 Å². The van der Waals surface area contributed by atoms with Crippen LogP contribution in [0.3, 0.4) is 0 Å². The quantitative estimate of drug-likeness (QED) is 0.864. The van der Waals surface area contributed by atoms with Crippen LogP contribution in [0.4, 0.5) is 0 Å². The number of aromatic nitrogens is 1. The molecule has 0 aliphatic carbocycles. The number of nitrogens with one attached hydrogen (secondary N) is 1. The molecule has 80 valence electrons. The average molecular weight is 222 g/mol. The van der Waals surface area contributed by atoms with Crippen molar-refractivity contribution >= 4 is 11.3 Å². The van der Waals surface area contributed by atoms with Gasteiger partial charge in [0.15, 0.2) is 0 Å². The molecule has 3 nitrogen and oxygen atoms in total. The van der Waals surface area contributed by atoms with Crippen molar-refractivity contribution in [3.63, 3.8) is 0 Å². The lowest BCUT2D eigenvalue weighted by Crippen LogP contribution is -2.17. The van der Waals surface area contributed by atoms with Crippen molar-refractivity contribution in [1.82, 2.24) is 10.3 Å². The van der Waals surface area contributed by atoms with Crippen molar-refractivity contribution in [2.75, 3.05) is 0 Å². The standard InChI is InChI=1S/C11H14N2OS/c1-8(10-4-3-5-14-10)12-6-11-9(2)13-7-15-11/h3-5,7-8,12H,6H2,1-2H3/t8-/m1/s1. The van der Waals surface area contributed by atoms with Crippen molar-refractivity contribution < 1.29 is 4.42 Å². The first-order valence-corrected chi connectivity index (χ1v) is 5.81. The molecule has 2 aromatic rings. The van der Waals surface area contributed by atoms with E-state index < -0.39 is 0 Å². The third-order valence-electron chi connectivity index (χ3n) is 2.38. The highest BCUT2D eigenvalue weighted by molar-refractivity contribution is 7.09. The predicted octanol–water partition coefficient (Wildman–Crippen LogP) is 2.90. The van der Waals surface area contributed by atoms with Gasteiger partial charge in [0, 0.05) is 11.4 Å². The van der Waals surface area contributed by atoms with E-state index in [-0.39, 0.29) is 6.04 Å². The van der Waals surface area contributed by atoms with Crippen LogP contribution in [0.1, 0.15) is 29.3 Å². The number of thiazole rings is 1. The summed E-state index contributed by atoms with van der Waals surface area (Å²) in [6, 6.07) is 4.13. The molecule has 0 unspecified atom stereocenters. The van der Waals surface area contributed by atoms with Gasteiger partial charge < -0.3 is 9.73 Å². The van der Waals surface area contributed by atoms with E-state index in [1.54, 1.807) is 17.6 Å². The number of nitrogens with zero attached hydrogens (tertiary/aromatic N) is 1. The van der Waals surface area contributed by atoms with Gasteiger partial charge in [-0.25, -0.2) is 4.98 Å². The van der Waals surface area contributed by atoms with Crippen LogP contribution >= 0.6 is 11.3 Å². The molecule has 1 atom stereocenters. The van der Waals surface area contributed by atoms with Crippen LogP contribution in [0.5, 0.6) is 0 Å². The maximum atomic E-state index is 5.32. The summed E-state index contributed by atoms with van der Waals surface area (Å²) in [5.74, 6) is 0.970. The second-order valence-electron chi connectivity index (χ2n) is 3.48. The van der Waals surface area contributed by atoms with Crippen LogP contribution in [0, 0.1) is 6.92 Å². The molecule has 2 rings (SSSR count). The van der Waals surface area contributed by atoms with Crippen molar-refractivity contribution in [2.45, 2.75) is 26.4 Å². The Morgan fingerprint density at radius 2 is 2.47 bits per heavy atom. The molecule has 2 heterocycles. The lowest BCUT2D eigenvalue weighted by Gasteiger charge is -2.10. The number of hydrogen-bond acceptors (Lipinski definition) is 4. The second kappa shape index (κ2) is 4.59. The first kappa shape index (κ1) is 10.4. The predicted molar refractivity (Wildman–Crippen MR) is 60.8 cm³/mol. The van der Waals surface area contributed by atoms with Gasteiger partial charge in [0.2, 0.25) is 0 Å². The lowest BCUT2D eigenvalue weighted by molar-refractivity contribution is 0.431. The zero-order valence-corrected chi connectivity index (χ0v) is 9.67. The fourth-order valence-electron chi connectivity index (χ4n) is 1.38. The third kappa shape index (κ3) is 2.46. The van der Waals surface area contributed by atoms with Gasteiger partial charge in [0.05, 0.1) is 23.5 Å². The van der Waals surface area contributed by atoms with E-state index in [4.69, 9.17) is 4.42 Å². The van der Waals surface area contributed by atoms with Crippen LogP contribution in [0.25, 0.3) is 0 Å². The summed E-state index contributed by atoms with van der Waals surface area (Å²) in [5.41, 5.74) is 2.99. The van der Waals surface area contributed by atoms with Gasteiger partial charge in [-0.05, 0) is 26.0 Å². The molecule has 0 bridgehead atoms. The van der Waals surface area contributed by atoms with Crippen molar-refractivity contribution in [3.05, 3.63) is 40.2 Å². The van der Waals surface area contributed by atoms with Crippen molar-refractivity contribution in [1.29, 1.82) is 0 Å². The van der Waals surface area contributed by atoms with Crippen molar-refractivity contribution in [3.8, 4) is 0 Å². The minimum Gasteiger partial charge on any atom is -0.468 e.